The SMILES string of the molecule is COC(=O)c1cc(N)c(Sc2n[nH]c(C)n2)c(Cl)c1. The Hall–Kier alpha value is -1.73. The number of carbonyl (C=O) groups excluding carboxylic acids is 1. The molecule has 0 spiro atoms. The van der Waals surface area contributed by atoms with Crippen molar-refractivity contribution in [2.45, 2.75) is 17.0 Å². The minimum absolute atomic E-state index is 0.306. The van der Waals surface area contributed by atoms with E-state index in [0.29, 0.717) is 32.1 Å². The first kappa shape index (κ1) is 13.7. The minimum Gasteiger partial charge on any atom is -0.465 e. The van der Waals surface area contributed by atoms with Crippen LogP contribution in [0.4, 0.5) is 5.69 Å². The van der Waals surface area contributed by atoms with E-state index >= 15 is 0 Å². The minimum atomic E-state index is -0.487. The fourth-order valence-electron chi connectivity index (χ4n) is 1.42. The lowest BCUT2D eigenvalue weighted by atomic mass is 10.2. The molecule has 0 amide bonds. The predicted molar refractivity (Wildman–Crippen MR) is 72.4 cm³/mol. The van der Waals surface area contributed by atoms with Crippen molar-refractivity contribution in [3.63, 3.8) is 0 Å². The van der Waals surface area contributed by atoms with Gasteiger partial charge < -0.3 is 10.5 Å². The maximum absolute atomic E-state index is 11.4. The number of esters is 1. The third-order valence-electron chi connectivity index (χ3n) is 2.26. The molecule has 0 radical (unpaired) electrons. The summed E-state index contributed by atoms with van der Waals surface area (Å²) in [5.74, 6) is 0.210. The number of carbonyl (C=O) groups is 1. The fourth-order valence-corrected chi connectivity index (χ4v) is 2.55. The summed E-state index contributed by atoms with van der Waals surface area (Å²) in [5, 5.41) is 7.58. The number of aromatic nitrogens is 3. The van der Waals surface area contributed by atoms with Crippen LogP contribution in [0, 0.1) is 6.92 Å². The molecule has 0 aliphatic rings. The van der Waals surface area contributed by atoms with Gasteiger partial charge in [0.1, 0.15) is 5.82 Å². The number of nitrogens with two attached hydrogens (primary N) is 1. The Balaban J connectivity index is 2.34. The normalized spacial score (nSPS) is 10.5. The Morgan fingerprint density at radius 1 is 1.53 bits per heavy atom. The summed E-state index contributed by atoms with van der Waals surface area (Å²) in [6, 6.07) is 3.02. The van der Waals surface area contributed by atoms with Crippen LogP contribution in [0.2, 0.25) is 5.02 Å². The number of H-pyrrole nitrogens is 1. The number of methoxy groups -OCH3 is 1. The first-order valence-corrected chi connectivity index (χ1v) is 6.45. The van der Waals surface area contributed by atoms with E-state index in [1.165, 1.54) is 31.0 Å². The van der Waals surface area contributed by atoms with E-state index in [9.17, 15) is 4.79 Å². The molecule has 19 heavy (non-hydrogen) atoms. The first-order valence-electron chi connectivity index (χ1n) is 5.25. The maximum atomic E-state index is 11.4. The van der Waals surface area contributed by atoms with Gasteiger partial charge in [-0.1, -0.05) is 11.6 Å². The van der Waals surface area contributed by atoms with Gasteiger partial charge in [0.05, 0.1) is 22.6 Å². The van der Waals surface area contributed by atoms with Crippen molar-refractivity contribution in [2.24, 2.45) is 0 Å². The Bertz CT molecular complexity index is 606. The Kier molecular flexibility index (Phi) is 3.96. The number of benzene rings is 1. The zero-order chi connectivity index (χ0) is 14.0. The summed E-state index contributed by atoms with van der Waals surface area (Å²) >= 11 is 7.35. The van der Waals surface area contributed by atoms with Crippen molar-refractivity contribution >= 4 is 35.0 Å². The molecule has 1 heterocycles. The second kappa shape index (κ2) is 5.50. The van der Waals surface area contributed by atoms with E-state index in [0.717, 1.165) is 0 Å². The molecule has 0 aliphatic heterocycles. The number of anilines is 1. The lowest BCUT2D eigenvalue weighted by molar-refractivity contribution is 0.0600. The molecular formula is C11H11ClN4O2S. The van der Waals surface area contributed by atoms with Crippen LogP contribution in [-0.2, 0) is 4.74 Å². The molecule has 0 saturated carbocycles. The molecule has 0 bridgehead atoms. The molecule has 3 N–H and O–H groups in total. The smallest absolute Gasteiger partial charge is 0.337 e. The van der Waals surface area contributed by atoms with Gasteiger partial charge in [0.15, 0.2) is 0 Å². The third-order valence-corrected chi connectivity index (χ3v) is 3.70. The van der Waals surface area contributed by atoms with Gasteiger partial charge in [0.25, 0.3) is 0 Å². The first-order chi connectivity index (χ1) is 9.01. The summed E-state index contributed by atoms with van der Waals surface area (Å²) in [6.07, 6.45) is 0. The molecule has 0 atom stereocenters. The highest BCUT2D eigenvalue weighted by atomic mass is 35.5. The number of ether oxygens (including phenoxy) is 1. The van der Waals surface area contributed by atoms with Crippen LogP contribution < -0.4 is 5.73 Å². The molecular weight excluding hydrogens is 288 g/mol. The summed E-state index contributed by atoms with van der Waals surface area (Å²) in [6.45, 7) is 1.79. The molecule has 100 valence electrons. The molecule has 2 aromatic rings. The predicted octanol–water partition coefficient (Wildman–Crippen LogP) is 2.29. The molecule has 0 aliphatic carbocycles. The van der Waals surface area contributed by atoms with Crippen LogP contribution in [0.25, 0.3) is 0 Å². The van der Waals surface area contributed by atoms with E-state index in [2.05, 4.69) is 19.9 Å². The van der Waals surface area contributed by atoms with Gasteiger partial charge in [-0.3, -0.25) is 5.10 Å². The van der Waals surface area contributed by atoms with Crippen LogP contribution in [0.15, 0.2) is 22.2 Å². The summed E-state index contributed by atoms with van der Waals surface area (Å²) < 4.78 is 4.62. The average Bonchev–Trinajstić information content (AvgIpc) is 2.78. The van der Waals surface area contributed by atoms with Crippen molar-refractivity contribution in [3.8, 4) is 0 Å². The molecule has 0 saturated heterocycles. The second-order valence-electron chi connectivity index (χ2n) is 3.67. The van der Waals surface area contributed by atoms with Gasteiger partial charge in [-0.05, 0) is 30.8 Å². The Morgan fingerprint density at radius 3 is 2.79 bits per heavy atom. The van der Waals surface area contributed by atoms with Crippen molar-refractivity contribution < 1.29 is 9.53 Å². The summed E-state index contributed by atoms with van der Waals surface area (Å²) in [4.78, 5) is 16.2. The number of aryl methyl sites for hydroxylation is 1. The van der Waals surface area contributed by atoms with Crippen LogP contribution >= 0.6 is 23.4 Å². The monoisotopic (exact) mass is 298 g/mol. The number of hydrogen-bond donors (Lipinski definition) is 2. The Morgan fingerprint density at radius 2 is 2.26 bits per heavy atom. The van der Waals surface area contributed by atoms with Gasteiger partial charge >= 0.3 is 5.97 Å². The van der Waals surface area contributed by atoms with Crippen LogP contribution in [-0.4, -0.2) is 28.3 Å². The third kappa shape index (κ3) is 2.99. The molecule has 6 nitrogen and oxygen atoms in total. The van der Waals surface area contributed by atoms with Gasteiger partial charge in [-0.2, -0.15) is 0 Å². The van der Waals surface area contributed by atoms with E-state index in [-0.39, 0.29) is 0 Å². The lowest BCUT2D eigenvalue weighted by Crippen LogP contribution is -2.03. The second-order valence-corrected chi connectivity index (χ2v) is 5.06. The van der Waals surface area contributed by atoms with E-state index in [1.807, 2.05) is 0 Å². The van der Waals surface area contributed by atoms with Crippen LogP contribution in [0.5, 0.6) is 0 Å². The van der Waals surface area contributed by atoms with Crippen molar-refractivity contribution in [1.29, 1.82) is 0 Å². The van der Waals surface area contributed by atoms with Crippen LogP contribution in [0.1, 0.15) is 16.2 Å². The average molecular weight is 299 g/mol. The number of rotatable bonds is 3. The molecule has 1 aromatic heterocycles. The van der Waals surface area contributed by atoms with Crippen molar-refractivity contribution in [3.05, 3.63) is 28.5 Å². The molecule has 0 fully saturated rings. The van der Waals surface area contributed by atoms with E-state index in [1.54, 1.807) is 6.92 Å². The topological polar surface area (TPSA) is 93.9 Å². The quantitative estimate of drug-likeness (QED) is 0.667. The number of hydrogen-bond acceptors (Lipinski definition) is 6. The largest absolute Gasteiger partial charge is 0.465 e. The number of halogens is 1. The van der Waals surface area contributed by atoms with Gasteiger partial charge in [-0.25, -0.2) is 9.78 Å². The number of nitrogens with zero attached hydrogens (tertiary/aromatic N) is 2. The lowest BCUT2D eigenvalue weighted by Gasteiger charge is -2.08. The maximum Gasteiger partial charge on any atom is 0.337 e. The molecule has 8 heteroatoms. The molecule has 2 rings (SSSR count). The van der Waals surface area contributed by atoms with Gasteiger partial charge in [-0.15, -0.1) is 5.10 Å². The number of nitrogen functional groups attached to an aromatic ring is 1. The zero-order valence-corrected chi connectivity index (χ0v) is 11.8. The highest BCUT2D eigenvalue weighted by Crippen LogP contribution is 2.37. The zero-order valence-electron chi connectivity index (χ0n) is 10.2. The number of nitrogens with one attached hydrogen (secondary N) is 1. The van der Waals surface area contributed by atoms with Crippen LogP contribution in [0.3, 0.4) is 0 Å². The number of aromatic amines is 1. The molecule has 1 aromatic carbocycles. The van der Waals surface area contributed by atoms with Gasteiger partial charge in [0.2, 0.25) is 5.16 Å². The van der Waals surface area contributed by atoms with Crippen molar-refractivity contribution in [2.75, 3.05) is 12.8 Å². The van der Waals surface area contributed by atoms with E-state index in [4.69, 9.17) is 17.3 Å². The molecule has 0 unspecified atom stereocenters. The standard InChI is InChI=1S/C11H11ClN4O2S/c1-5-14-11(16-15-5)19-9-7(12)3-6(4-8(9)13)10(17)18-2/h3-4H,13H2,1-2H3,(H,14,15,16). The van der Waals surface area contributed by atoms with Gasteiger partial charge in [0, 0.05) is 5.69 Å². The van der Waals surface area contributed by atoms with Crippen molar-refractivity contribution in [1.82, 2.24) is 15.2 Å². The highest BCUT2D eigenvalue weighted by molar-refractivity contribution is 7.99. The fraction of sp³-hybridized carbons (Fsp3) is 0.182. The Labute approximate surface area is 118 Å². The summed E-state index contributed by atoms with van der Waals surface area (Å²) in [7, 11) is 1.30. The van der Waals surface area contributed by atoms with E-state index < -0.39 is 5.97 Å². The summed E-state index contributed by atoms with van der Waals surface area (Å²) in [5.41, 5.74) is 6.57. The highest BCUT2D eigenvalue weighted by Gasteiger charge is 2.15.